The van der Waals surface area contributed by atoms with E-state index in [9.17, 15) is 9.50 Å². The Morgan fingerprint density at radius 1 is 1.26 bits per heavy atom. The third kappa shape index (κ3) is 3.46. The maximum atomic E-state index is 13.3. The number of aliphatic hydroxyl groups excluding tert-OH is 1. The number of rotatable bonds is 4. The smallest absolute Gasteiger partial charge is 0.165 e. The second-order valence-electron chi connectivity index (χ2n) is 4.24. The molecule has 0 aromatic heterocycles. The highest BCUT2D eigenvalue weighted by molar-refractivity contribution is 6.30. The summed E-state index contributed by atoms with van der Waals surface area (Å²) >= 11 is 5.89. The predicted molar refractivity (Wildman–Crippen MR) is 73.1 cm³/mol. The van der Waals surface area contributed by atoms with E-state index < -0.39 is 11.9 Å². The lowest BCUT2D eigenvalue weighted by molar-refractivity contribution is 0.178. The molecule has 4 heteroatoms. The van der Waals surface area contributed by atoms with Gasteiger partial charge in [0.25, 0.3) is 0 Å². The van der Waals surface area contributed by atoms with Crippen molar-refractivity contribution in [3.05, 3.63) is 64.4 Å². The fraction of sp³-hybridized carbons (Fsp3) is 0.200. The number of benzene rings is 2. The largest absolute Gasteiger partial charge is 0.494 e. The Labute approximate surface area is 116 Å². The van der Waals surface area contributed by atoms with Gasteiger partial charge in [0.2, 0.25) is 0 Å². The normalized spacial score (nSPS) is 12.2. The second kappa shape index (κ2) is 6.04. The Morgan fingerprint density at radius 2 is 2.05 bits per heavy atom. The van der Waals surface area contributed by atoms with Crippen LogP contribution in [0.5, 0.6) is 5.75 Å². The molecule has 0 heterocycles. The maximum Gasteiger partial charge on any atom is 0.165 e. The molecule has 0 radical (unpaired) electrons. The average molecular weight is 281 g/mol. The number of hydrogen-bond donors (Lipinski definition) is 1. The highest BCUT2D eigenvalue weighted by atomic mass is 35.5. The Bertz CT molecular complexity index is 572. The van der Waals surface area contributed by atoms with Crippen LogP contribution in [0.3, 0.4) is 0 Å². The van der Waals surface area contributed by atoms with Crippen LogP contribution in [0.2, 0.25) is 5.02 Å². The van der Waals surface area contributed by atoms with Crippen LogP contribution in [0.4, 0.5) is 4.39 Å². The summed E-state index contributed by atoms with van der Waals surface area (Å²) in [6, 6.07) is 11.6. The first kappa shape index (κ1) is 13.8. The van der Waals surface area contributed by atoms with Crippen LogP contribution in [-0.2, 0) is 6.42 Å². The predicted octanol–water partition coefficient (Wildman–Crippen LogP) is 3.76. The molecule has 0 bridgehead atoms. The Kier molecular flexibility index (Phi) is 4.40. The molecular formula is C15H14ClFO2. The molecule has 0 aliphatic carbocycles. The summed E-state index contributed by atoms with van der Waals surface area (Å²) in [6.45, 7) is 0. The maximum absolute atomic E-state index is 13.3. The molecule has 0 saturated heterocycles. The molecule has 1 unspecified atom stereocenters. The SMILES string of the molecule is COc1cc(C(O)Cc2cccc(Cl)c2)ccc1F. The van der Waals surface area contributed by atoms with Gasteiger partial charge >= 0.3 is 0 Å². The van der Waals surface area contributed by atoms with Gasteiger partial charge in [0, 0.05) is 11.4 Å². The van der Waals surface area contributed by atoms with Crippen LogP contribution >= 0.6 is 11.6 Å². The summed E-state index contributed by atoms with van der Waals surface area (Å²) in [5.74, 6) is -0.316. The third-order valence-corrected chi connectivity index (χ3v) is 3.11. The van der Waals surface area contributed by atoms with Crippen LogP contribution in [0, 0.1) is 5.82 Å². The van der Waals surface area contributed by atoms with Crippen molar-refractivity contribution in [2.45, 2.75) is 12.5 Å². The fourth-order valence-electron chi connectivity index (χ4n) is 1.89. The first-order valence-electron chi connectivity index (χ1n) is 5.86. The minimum atomic E-state index is -0.729. The van der Waals surface area contributed by atoms with Crippen LogP contribution in [0.15, 0.2) is 42.5 Å². The molecule has 2 aromatic rings. The number of aliphatic hydroxyl groups is 1. The summed E-state index contributed by atoms with van der Waals surface area (Å²) in [5, 5.41) is 10.8. The first-order valence-corrected chi connectivity index (χ1v) is 6.24. The van der Waals surface area contributed by atoms with E-state index in [0.29, 0.717) is 17.0 Å². The summed E-state index contributed by atoms with van der Waals surface area (Å²) in [5.41, 5.74) is 1.53. The summed E-state index contributed by atoms with van der Waals surface area (Å²) in [7, 11) is 1.39. The van der Waals surface area contributed by atoms with Crippen molar-refractivity contribution < 1.29 is 14.2 Å². The van der Waals surface area contributed by atoms with Gasteiger partial charge in [0.05, 0.1) is 13.2 Å². The molecule has 2 rings (SSSR count). The van der Waals surface area contributed by atoms with E-state index in [0.717, 1.165) is 5.56 Å². The van der Waals surface area contributed by atoms with Crippen molar-refractivity contribution in [1.82, 2.24) is 0 Å². The molecule has 0 amide bonds. The van der Waals surface area contributed by atoms with Gasteiger partial charge in [-0.3, -0.25) is 0 Å². The molecule has 1 atom stereocenters. The van der Waals surface area contributed by atoms with Gasteiger partial charge in [-0.2, -0.15) is 0 Å². The lowest BCUT2D eigenvalue weighted by Gasteiger charge is -2.13. The number of ether oxygens (including phenoxy) is 1. The van der Waals surface area contributed by atoms with E-state index in [-0.39, 0.29) is 5.75 Å². The van der Waals surface area contributed by atoms with E-state index in [4.69, 9.17) is 16.3 Å². The summed E-state index contributed by atoms with van der Waals surface area (Å²) in [4.78, 5) is 0. The zero-order chi connectivity index (χ0) is 13.8. The quantitative estimate of drug-likeness (QED) is 0.924. The van der Waals surface area contributed by atoms with Crippen LogP contribution in [-0.4, -0.2) is 12.2 Å². The number of hydrogen-bond acceptors (Lipinski definition) is 2. The minimum Gasteiger partial charge on any atom is -0.494 e. The standard InChI is InChI=1S/C15H14ClFO2/c1-19-15-9-11(5-6-13(15)17)14(18)8-10-3-2-4-12(16)7-10/h2-7,9,14,18H,8H2,1H3. The molecule has 2 nitrogen and oxygen atoms in total. The summed E-state index contributed by atoms with van der Waals surface area (Å²) in [6.07, 6.45) is -0.317. The van der Waals surface area contributed by atoms with Crippen LogP contribution in [0.25, 0.3) is 0 Å². The fourth-order valence-corrected chi connectivity index (χ4v) is 2.10. The van der Waals surface area contributed by atoms with Crippen LogP contribution < -0.4 is 4.74 Å². The molecule has 0 saturated carbocycles. The van der Waals surface area contributed by atoms with Gasteiger partial charge in [-0.25, -0.2) is 4.39 Å². The lowest BCUT2D eigenvalue weighted by atomic mass is 10.0. The Hall–Kier alpha value is -1.58. The highest BCUT2D eigenvalue weighted by Gasteiger charge is 2.12. The zero-order valence-electron chi connectivity index (χ0n) is 10.4. The van der Waals surface area contributed by atoms with E-state index in [1.165, 1.54) is 19.2 Å². The van der Waals surface area contributed by atoms with Crippen LogP contribution in [0.1, 0.15) is 17.2 Å². The van der Waals surface area contributed by atoms with Gasteiger partial charge in [0.1, 0.15) is 0 Å². The van der Waals surface area contributed by atoms with Crippen molar-refractivity contribution in [3.8, 4) is 5.75 Å². The third-order valence-electron chi connectivity index (χ3n) is 2.88. The van der Waals surface area contributed by atoms with Gasteiger partial charge in [-0.15, -0.1) is 0 Å². The van der Waals surface area contributed by atoms with Gasteiger partial charge in [-0.1, -0.05) is 29.8 Å². The van der Waals surface area contributed by atoms with Crippen molar-refractivity contribution in [2.24, 2.45) is 0 Å². The highest BCUT2D eigenvalue weighted by Crippen LogP contribution is 2.25. The molecule has 2 aromatic carbocycles. The Morgan fingerprint density at radius 3 is 2.74 bits per heavy atom. The summed E-state index contributed by atoms with van der Waals surface area (Å²) < 4.78 is 18.2. The van der Waals surface area contributed by atoms with Crippen molar-refractivity contribution in [2.75, 3.05) is 7.11 Å². The molecule has 19 heavy (non-hydrogen) atoms. The second-order valence-corrected chi connectivity index (χ2v) is 4.68. The molecule has 100 valence electrons. The van der Waals surface area contributed by atoms with E-state index >= 15 is 0 Å². The molecule has 0 aliphatic heterocycles. The van der Waals surface area contributed by atoms with Gasteiger partial charge in [0.15, 0.2) is 11.6 Å². The monoisotopic (exact) mass is 280 g/mol. The van der Waals surface area contributed by atoms with Gasteiger partial charge < -0.3 is 9.84 Å². The minimum absolute atomic E-state index is 0.127. The topological polar surface area (TPSA) is 29.5 Å². The average Bonchev–Trinajstić information content (AvgIpc) is 2.39. The molecular weight excluding hydrogens is 267 g/mol. The van der Waals surface area contributed by atoms with E-state index in [2.05, 4.69) is 0 Å². The number of halogens is 2. The van der Waals surface area contributed by atoms with Gasteiger partial charge in [-0.05, 0) is 35.4 Å². The molecule has 0 aliphatic rings. The number of methoxy groups -OCH3 is 1. The molecule has 0 fully saturated rings. The van der Waals surface area contributed by atoms with E-state index in [1.54, 1.807) is 18.2 Å². The van der Waals surface area contributed by atoms with Crippen molar-refractivity contribution in [1.29, 1.82) is 0 Å². The molecule has 1 N–H and O–H groups in total. The van der Waals surface area contributed by atoms with Crippen molar-refractivity contribution in [3.63, 3.8) is 0 Å². The molecule has 0 spiro atoms. The zero-order valence-corrected chi connectivity index (χ0v) is 11.2. The first-order chi connectivity index (χ1) is 9.10. The van der Waals surface area contributed by atoms with E-state index in [1.807, 2.05) is 12.1 Å². The Balaban J connectivity index is 2.18. The lowest BCUT2D eigenvalue weighted by Crippen LogP contribution is -2.03. The van der Waals surface area contributed by atoms with Crippen molar-refractivity contribution >= 4 is 11.6 Å².